The quantitative estimate of drug-likeness (QED) is 0.851. The predicted molar refractivity (Wildman–Crippen MR) is 77.1 cm³/mol. The highest BCUT2D eigenvalue weighted by atomic mass is 16.5. The average Bonchev–Trinajstić information content (AvgIpc) is 2.46. The summed E-state index contributed by atoms with van der Waals surface area (Å²) in [5.41, 5.74) is 1.40. The van der Waals surface area contributed by atoms with E-state index in [1.807, 2.05) is 0 Å². The third kappa shape index (κ3) is 1.89. The Balaban J connectivity index is 3.05. The van der Waals surface area contributed by atoms with Crippen molar-refractivity contribution in [2.45, 2.75) is 0 Å². The summed E-state index contributed by atoms with van der Waals surface area (Å²) in [5, 5.41) is 11.5. The minimum atomic E-state index is -0.464. The summed E-state index contributed by atoms with van der Waals surface area (Å²) in [6.07, 6.45) is 3.03. The molecular weight excluding hydrogens is 240 g/mol. The Labute approximate surface area is 111 Å². The minimum absolute atomic E-state index is 0.0909. The van der Waals surface area contributed by atoms with Gasteiger partial charge < -0.3 is 9.84 Å². The monoisotopic (exact) mass is 254 g/mol. The molecule has 0 saturated carbocycles. The van der Waals surface area contributed by atoms with Crippen molar-refractivity contribution in [3.63, 3.8) is 0 Å². The molecule has 0 aliphatic carbocycles. The van der Waals surface area contributed by atoms with Crippen LogP contribution in [0, 0.1) is 0 Å². The molecule has 3 heteroatoms. The first-order chi connectivity index (χ1) is 9.15. The molecule has 0 radical (unpaired) electrons. The molecule has 2 aromatic carbocycles. The van der Waals surface area contributed by atoms with E-state index < -0.39 is 5.97 Å². The van der Waals surface area contributed by atoms with Crippen LogP contribution in [0.2, 0.25) is 0 Å². The van der Waals surface area contributed by atoms with Gasteiger partial charge >= 0.3 is 5.97 Å². The summed E-state index contributed by atoms with van der Waals surface area (Å²) in [4.78, 5) is 12.0. The second-order valence-electron chi connectivity index (χ2n) is 4.00. The molecule has 0 aliphatic heterocycles. The van der Waals surface area contributed by atoms with Crippen LogP contribution >= 0.6 is 0 Å². The second kappa shape index (κ2) is 4.98. The van der Waals surface area contributed by atoms with E-state index in [2.05, 4.69) is 13.2 Å². The van der Waals surface area contributed by atoms with E-state index in [0.29, 0.717) is 27.5 Å². The molecule has 1 N–H and O–H groups in total. The van der Waals surface area contributed by atoms with Gasteiger partial charge in [-0.05, 0) is 5.56 Å². The number of ether oxygens (including phenoxy) is 1. The van der Waals surface area contributed by atoms with Crippen LogP contribution in [0.25, 0.3) is 22.9 Å². The molecule has 2 rings (SSSR count). The van der Waals surface area contributed by atoms with Crippen molar-refractivity contribution in [2.75, 3.05) is 7.11 Å². The summed E-state index contributed by atoms with van der Waals surface area (Å²) in [5.74, 6) is -0.373. The maximum absolute atomic E-state index is 12.0. The fraction of sp³-hybridized carbons (Fsp3) is 0.0625. The van der Waals surface area contributed by atoms with Gasteiger partial charge in [0.05, 0.1) is 12.7 Å². The molecule has 0 heterocycles. The Bertz CT molecular complexity index is 684. The lowest BCUT2D eigenvalue weighted by Gasteiger charge is -2.14. The van der Waals surface area contributed by atoms with Crippen LogP contribution in [0.5, 0.6) is 5.75 Å². The Hall–Kier alpha value is -2.55. The zero-order valence-electron chi connectivity index (χ0n) is 10.6. The van der Waals surface area contributed by atoms with Crippen molar-refractivity contribution in [1.29, 1.82) is 0 Å². The molecule has 0 unspecified atom stereocenters. The maximum atomic E-state index is 12.0. The van der Waals surface area contributed by atoms with Crippen molar-refractivity contribution in [3.8, 4) is 5.75 Å². The molecule has 0 saturated heterocycles. The first kappa shape index (κ1) is 12.9. The summed E-state index contributed by atoms with van der Waals surface area (Å²) in [7, 11) is 1.32. The van der Waals surface area contributed by atoms with Gasteiger partial charge in [-0.3, -0.25) is 0 Å². The lowest BCUT2D eigenvalue weighted by Crippen LogP contribution is -2.06. The van der Waals surface area contributed by atoms with Crippen LogP contribution in [0.3, 0.4) is 0 Å². The van der Waals surface area contributed by atoms with Crippen molar-refractivity contribution >= 4 is 28.9 Å². The molecular formula is C16H14O3. The number of esters is 1. The SMILES string of the molecule is C=Cc1c(C=C)c(C(=O)OC)c2ccccc2c1O. The van der Waals surface area contributed by atoms with Gasteiger partial charge in [0.25, 0.3) is 0 Å². The molecule has 2 aromatic rings. The summed E-state index contributed by atoms with van der Waals surface area (Å²) >= 11 is 0. The van der Waals surface area contributed by atoms with Crippen LogP contribution in [0.1, 0.15) is 21.5 Å². The average molecular weight is 254 g/mol. The fourth-order valence-electron chi connectivity index (χ4n) is 2.20. The first-order valence-corrected chi connectivity index (χ1v) is 5.76. The largest absolute Gasteiger partial charge is 0.507 e. The summed E-state index contributed by atoms with van der Waals surface area (Å²) < 4.78 is 4.82. The van der Waals surface area contributed by atoms with Gasteiger partial charge in [-0.1, -0.05) is 49.6 Å². The van der Waals surface area contributed by atoms with Crippen LogP contribution in [-0.4, -0.2) is 18.2 Å². The first-order valence-electron chi connectivity index (χ1n) is 5.76. The van der Waals surface area contributed by atoms with Crippen LogP contribution in [0.4, 0.5) is 0 Å². The number of hydrogen-bond donors (Lipinski definition) is 1. The van der Waals surface area contributed by atoms with Crippen molar-refractivity contribution in [3.05, 3.63) is 54.1 Å². The number of methoxy groups -OCH3 is 1. The van der Waals surface area contributed by atoms with Gasteiger partial charge in [0.2, 0.25) is 0 Å². The standard InChI is InChI=1S/C16H14O3/c1-4-10-11(5-2)15(17)13-9-7-6-8-12(13)14(10)16(18)19-3/h4-9,17H,1-2H2,3H3. The molecule has 0 aliphatic rings. The normalized spacial score (nSPS) is 10.2. The predicted octanol–water partition coefficient (Wildman–Crippen LogP) is 3.62. The second-order valence-corrected chi connectivity index (χ2v) is 4.00. The Morgan fingerprint density at radius 2 is 1.74 bits per heavy atom. The van der Waals surface area contributed by atoms with Gasteiger partial charge in [0, 0.05) is 16.3 Å². The van der Waals surface area contributed by atoms with Gasteiger partial charge in [-0.2, -0.15) is 0 Å². The van der Waals surface area contributed by atoms with Crippen molar-refractivity contribution in [2.24, 2.45) is 0 Å². The number of fused-ring (bicyclic) bond motifs is 1. The highest BCUT2D eigenvalue weighted by Gasteiger charge is 2.20. The van der Waals surface area contributed by atoms with E-state index in [1.54, 1.807) is 24.3 Å². The van der Waals surface area contributed by atoms with E-state index in [0.717, 1.165) is 0 Å². The number of benzene rings is 2. The molecule has 0 atom stereocenters. The Kier molecular flexibility index (Phi) is 3.38. The van der Waals surface area contributed by atoms with E-state index in [9.17, 15) is 9.90 Å². The van der Waals surface area contributed by atoms with Crippen molar-refractivity contribution in [1.82, 2.24) is 0 Å². The van der Waals surface area contributed by atoms with Gasteiger partial charge in [-0.15, -0.1) is 0 Å². The number of phenols is 1. The van der Waals surface area contributed by atoms with E-state index in [-0.39, 0.29) is 5.75 Å². The number of rotatable bonds is 3. The lowest BCUT2D eigenvalue weighted by molar-refractivity contribution is 0.0603. The minimum Gasteiger partial charge on any atom is -0.507 e. The molecule has 0 amide bonds. The van der Waals surface area contributed by atoms with E-state index >= 15 is 0 Å². The highest BCUT2D eigenvalue weighted by Crippen LogP contribution is 2.37. The molecule has 0 spiro atoms. The fourth-order valence-corrected chi connectivity index (χ4v) is 2.20. The topological polar surface area (TPSA) is 46.5 Å². The molecule has 0 fully saturated rings. The van der Waals surface area contributed by atoms with Gasteiger partial charge in [-0.25, -0.2) is 4.79 Å². The van der Waals surface area contributed by atoms with E-state index in [4.69, 9.17) is 4.74 Å². The smallest absolute Gasteiger partial charge is 0.339 e. The number of aromatic hydroxyl groups is 1. The lowest BCUT2D eigenvalue weighted by atomic mass is 9.92. The van der Waals surface area contributed by atoms with Gasteiger partial charge in [0.15, 0.2) is 0 Å². The van der Waals surface area contributed by atoms with Crippen LogP contribution < -0.4 is 0 Å². The molecule has 0 bridgehead atoms. The number of carbonyl (C=O) groups is 1. The Morgan fingerprint density at radius 3 is 2.26 bits per heavy atom. The molecule has 19 heavy (non-hydrogen) atoms. The Morgan fingerprint density at radius 1 is 1.16 bits per heavy atom. The zero-order valence-corrected chi connectivity index (χ0v) is 10.6. The zero-order chi connectivity index (χ0) is 14.0. The van der Waals surface area contributed by atoms with E-state index in [1.165, 1.54) is 19.3 Å². The number of hydrogen-bond acceptors (Lipinski definition) is 3. The molecule has 96 valence electrons. The maximum Gasteiger partial charge on any atom is 0.339 e. The molecule has 0 aromatic heterocycles. The summed E-state index contributed by atoms with van der Waals surface area (Å²) in [6.45, 7) is 7.37. The summed E-state index contributed by atoms with van der Waals surface area (Å²) in [6, 6.07) is 7.11. The number of phenolic OH excluding ortho intramolecular Hbond substituents is 1. The van der Waals surface area contributed by atoms with Crippen LogP contribution in [-0.2, 0) is 4.74 Å². The molecule has 3 nitrogen and oxygen atoms in total. The highest BCUT2D eigenvalue weighted by molar-refractivity contribution is 6.11. The van der Waals surface area contributed by atoms with Crippen LogP contribution in [0.15, 0.2) is 37.4 Å². The third-order valence-electron chi connectivity index (χ3n) is 3.06. The third-order valence-corrected chi connectivity index (χ3v) is 3.06. The number of carbonyl (C=O) groups excluding carboxylic acids is 1. The van der Waals surface area contributed by atoms with Gasteiger partial charge in [0.1, 0.15) is 5.75 Å². The van der Waals surface area contributed by atoms with Crippen molar-refractivity contribution < 1.29 is 14.6 Å².